The van der Waals surface area contributed by atoms with Crippen LogP contribution in [-0.2, 0) is 0 Å². The molecule has 0 fully saturated rings. The smallest absolute Gasteiger partial charge is 0.132 e. The van der Waals surface area contributed by atoms with Crippen LogP contribution in [0.25, 0.3) is 0 Å². The Morgan fingerprint density at radius 3 is 1.76 bits per heavy atom. The quantitative estimate of drug-likeness (QED) is 0.284. The average Bonchev–Trinajstić information content (AvgIpc) is 2.76. The molecule has 0 aliphatic rings. The van der Waals surface area contributed by atoms with Gasteiger partial charge in [-0.3, -0.25) is 5.09 Å². The van der Waals surface area contributed by atoms with Gasteiger partial charge in [0.2, 0.25) is 0 Å². The van der Waals surface area contributed by atoms with E-state index in [4.69, 9.17) is 0 Å². The molecule has 0 spiro atoms. The lowest BCUT2D eigenvalue weighted by Crippen LogP contribution is -2.47. The minimum atomic E-state index is -1.48. The van der Waals surface area contributed by atoms with Gasteiger partial charge < -0.3 is 0 Å². The second kappa shape index (κ2) is 12.6. The van der Waals surface area contributed by atoms with Gasteiger partial charge in [-0.15, -0.1) is 0 Å². The topological polar surface area (TPSA) is 12.0 Å². The van der Waals surface area contributed by atoms with Gasteiger partial charge >= 0.3 is 0 Å². The second-order valence-corrected chi connectivity index (χ2v) is 14.9. The first-order valence-corrected chi connectivity index (χ1v) is 15.4. The average molecular weight is 432 g/mol. The van der Waals surface area contributed by atoms with Gasteiger partial charge in [-0.05, 0) is 24.5 Å². The minimum absolute atomic E-state index is 0.116. The molecule has 0 saturated heterocycles. The first-order chi connectivity index (χ1) is 14.1. The summed E-state index contributed by atoms with van der Waals surface area (Å²) in [5.41, 5.74) is 0. The lowest BCUT2D eigenvalue weighted by molar-refractivity contribution is 0.636. The number of rotatable bonds is 13. The van der Waals surface area contributed by atoms with Crippen LogP contribution >= 0.6 is 8.07 Å². The van der Waals surface area contributed by atoms with Crippen molar-refractivity contribution in [2.75, 3.05) is 7.05 Å². The van der Waals surface area contributed by atoms with Gasteiger partial charge in [-0.1, -0.05) is 119 Å². The molecule has 4 heteroatoms. The fourth-order valence-corrected chi connectivity index (χ4v) is 11.7. The fourth-order valence-electron chi connectivity index (χ4n) is 4.34. The van der Waals surface area contributed by atoms with E-state index in [1.807, 2.05) is 19.2 Å². The molecule has 0 radical (unpaired) electrons. The third-order valence-electron chi connectivity index (χ3n) is 6.08. The molecule has 29 heavy (non-hydrogen) atoms. The van der Waals surface area contributed by atoms with E-state index in [0.717, 1.165) is 5.30 Å². The Hall–Kier alpha value is -1.02. The van der Waals surface area contributed by atoms with Crippen LogP contribution in [0.2, 0.25) is 18.1 Å². The molecule has 160 valence electrons. The molecular weight excluding hydrogens is 392 g/mol. The van der Waals surface area contributed by atoms with Gasteiger partial charge in [0.25, 0.3) is 0 Å². The molecule has 0 bridgehead atoms. The number of halogens is 1. The van der Waals surface area contributed by atoms with E-state index >= 15 is 0 Å². The van der Waals surface area contributed by atoms with Crippen molar-refractivity contribution in [1.29, 1.82) is 0 Å². The second-order valence-electron chi connectivity index (χ2n) is 8.15. The number of benzene rings is 2. The molecule has 2 rings (SSSR count). The van der Waals surface area contributed by atoms with Gasteiger partial charge in [0.05, 0.1) is 8.07 Å². The first kappa shape index (κ1) is 24.2. The Bertz CT molecular complexity index is 697. The number of unbranched alkanes of at least 4 members (excludes halogenated alkanes) is 3. The summed E-state index contributed by atoms with van der Waals surface area (Å²) < 4.78 is 14.4. The largest absolute Gasteiger partial charge is 0.292 e. The maximum absolute atomic E-state index is 14.4. The highest BCUT2D eigenvalue weighted by Crippen LogP contribution is 2.31. The number of nitrogens with one attached hydrogen (secondary N) is 1. The van der Waals surface area contributed by atoms with Crippen molar-refractivity contribution in [3.05, 3.63) is 54.3 Å². The van der Waals surface area contributed by atoms with Crippen LogP contribution in [0.3, 0.4) is 0 Å². The summed E-state index contributed by atoms with van der Waals surface area (Å²) >= 11 is 0. The Kier molecular flexibility index (Phi) is 10.6. The SMILES string of the molecule is CCCC[Si](CCCC)(CCCC)c1ccc(P(NC)c2ccccc2F)cc1. The Labute approximate surface area is 180 Å². The number of hydrogen-bond donors (Lipinski definition) is 1. The van der Waals surface area contributed by atoms with Crippen molar-refractivity contribution in [3.8, 4) is 0 Å². The monoisotopic (exact) mass is 431 g/mol. The van der Waals surface area contributed by atoms with E-state index < -0.39 is 16.1 Å². The van der Waals surface area contributed by atoms with Gasteiger partial charge in [0, 0.05) is 13.4 Å². The normalized spacial score (nSPS) is 12.9. The highest BCUT2D eigenvalue weighted by Gasteiger charge is 2.33. The summed E-state index contributed by atoms with van der Waals surface area (Å²) in [5, 5.41) is 6.98. The zero-order valence-corrected chi connectivity index (χ0v) is 20.7. The van der Waals surface area contributed by atoms with Crippen molar-refractivity contribution >= 4 is 31.9 Å². The Morgan fingerprint density at radius 1 is 0.793 bits per heavy atom. The van der Waals surface area contributed by atoms with Crippen LogP contribution in [0.5, 0.6) is 0 Å². The van der Waals surface area contributed by atoms with E-state index in [1.54, 1.807) is 17.3 Å². The van der Waals surface area contributed by atoms with Crippen molar-refractivity contribution in [1.82, 2.24) is 5.09 Å². The third-order valence-corrected chi connectivity index (χ3v) is 13.7. The van der Waals surface area contributed by atoms with E-state index in [0.29, 0.717) is 0 Å². The molecule has 0 heterocycles. The molecule has 0 amide bonds. The van der Waals surface area contributed by atoms with Gasteiger partial charge in [0.15, 0.2) is 0 Å². The molecule has 1 nitrogen and oxygen atoms in total. The zero-order chi connectivity index (χ0) is 21.1. The van der Waals surface area contributed by atoms with Crippen LogP contribution in [0.1, 0.15) is 59.3 Å². The van der Waals surface area contributed by atoms with E-state index in [1.165, 1.54) is 62.0 Å². The molecule has 0 saturated carbocycles. The first-order valence-electron chi connectivity index (χ1n) is 11.4. The van der Waals surface area contributed by atoms with Crippen molar-refractivity contribution < 1.29 is 4.39 Å². The van der Waals surface area contributed by atoms with Crippen molar-refractivity contribution in [3.63, 3.8) is 0 Å². The molecule has 2 aromatic carbocycles. The van der Waals surface area contributed by atoms with Gasteiger partial charge in [-0.2, -0.15) is 0 Å². The molecule has 1 atom stereocenters. The van der Waals surface area contributed by atoms with Crippen molar-refractivity contribution in [2.24, 2.45) is 0 Å². The van der Waals surface area contributed by atoms with Crippen LogP contribution in [0.15, 0.2) is 48.5 Å². The van der Waals surface area contributed by atoms with E-state index in [2.05, 4.69) is 50.1 Å². The van der Waals surface area contributed by atoms with Crippen LogP contribution in [0.4, 0.5) is 4.39 Å². The van der Waals surface area contributed by atoms with Gasteiger partial charge in [-0.25, -0.2) is 4.39 Å². The lowest BCUT2D eigenvalue weighted by Gasteiger charge is -2.33. The van der Waals surface area contributed by atoms with E-state index in [-0.39, 0.29) is 5.82 Å². The standard InChI is InChI=1S/C25H39FNPSi/c1-5-8-19-29(20-9-6-2,21-10-7-3)23-17-15-22(16-18-23)28(27-4)25-14-12-11-13-24(25)26/h11-18,27H,5-10,19-21H2,1-4H3. The number of hydrogen-bond acceptors (Lipinski definition) is 1. The third kappa shape index (κ3) is 6.48. The lowest BCUT2D eigenvalue weighted by atomic mass is 10.3. The highest BCUT2D eigenvalue weighted by atomic mass is 31.1. The maximum Gasteiger partial charge on any atom is 0.132 e. The molecule has 0 aliphatic heterocycles. The fraction of sp³-hybridized carbons (Fsp3) is 0.520. The summed E-state index contributed by atoms with van der Waals surface area (Å²) in [6.45, 7) is 6.95. The minimum Gasteiger partial charge on any atom is -0.292 e. The van der Waals surface area contributed by atoms with E-state index in [9.17, 15) is 4.39 Å². The molecule has 0 aliphatic carbocycles. The Morgan fingerprint density at radius 2 is 1.31 bits per heavy atom. The molecule has 0 aromatic heterocycles. The summed E-state index contributed by atoms with van der Waals surface area (Å²) in [6.07, 6.45) is 7.88. The summed E-state index contributed by atoms with van der Waals surface area (Å²) in [5.74, 6) is -0.116. The maximum atomic E-state index is 14.4. The van der Waals surface area contributed by atoms with Gasteiger partial charge in [0.1, 0.15) is 5.82 Å². The van der Waals surface area contributed by atoms with Crippen molar-refractivity contribution in [2.45, 2.75) is 77.4 Å². The van der Waals surface area contributed by atoms with Crippen LogP contribution in [-0.4, -0.2) is 15.1 Å². The summed E-state index contributed by atoms with van der Waals surface area (Å²) in [6, 6.07) is 20.8. The highest BCUT2D eigenvalue weighted by molar-refractivity contribution is 7.71. The summed E-state index contributed by atoms with van der Waals surface area (Å²) in [4.78, 5) is 0. The van der Waals surface area contributed by atoms with Crippen LogP contribution in [0, 0.1) is 5.82 Å². The molecule has 2 aromatic rings. The predicted molar refractivity (Wildman–Crippen MR) is 133 cm³/mol. The molecule has 1 N–H and O–H groups in total. The Balaban J connectivity index is 2.36. The molecule has 1 unspecified atom stereocenters. The predicted octanol–water partition coefficient (Wildman–Crippen LogP) is 6.45. The summed E-state index contributed by atoms with van der Waals surface area (Å²) in [7, 11) is -0.401. The zero-order valence-electron chi connectivity index (χ0n) is 18.8. The molecular formula is C25H39FNPSi. The van der Waals surface area contributed by atoms with Crippen LogP contribution < -0.4 is 20.9 Å².